The average Bonchev–Trinajstić information content (AvgIpc) is 3.01. The van der Waals surface area contributed by atoms with Gasteiger partial charge in [0.2, 0.25) is 11.8 Å². The van der Waals surface area contributed by atoms with Crippen molar-refractivity contribution in [2.45, 2.75) is 58.0 Å². The Kier molecular flexibility index (Phi) is 8.57. The van der Waals surface area contributed by atoms with Gasteiger partial charge >= 0.3 is 0 Å². The van der Waals surface area contributed by atoms with Gasteiger partial charge in [-0.1, -0.05) is 19.9 Å². The van der Waals surface area contributed by atoms with Crippen molar-refractivity contribution in [2.24, 2.45) is 23.1 Å². The molecule has 142 valence electrons. The lowest BCUT2D eigenvalue weighted by Gasteiger charge is -2.27. The number of carbonyl (C=O) groups excluding carboxylic acids is 3. The first kappa shape index (κ1) is 21.1. The number of nitrogens with two attached hydrogens (primary N) is 3. The first-order chi connectivity index (χ1) is 11.8. The highest BCUT2D eigenvalue weighted by atomic mass is 16.2. The molecule has 0 bridgehead atoms. The maximum atomic E-state index is 12.5. The van der Waals surface area contributed by atoms with E-state index in [0.717, 1.165) is 6.42 Å². The second-order valence-electron chi connectivity index (χ2n) is 6.83. The second kappa shape index (κ2) is 10.1. The largest absolute Gasteiger partial charge is 0.364 e. The molecule has 1 heterocycles. The highest BCUT2D eigenvalue weighted by molar-refractivity contribution is 5.98. The van der Waals surface area contributed by atoms with E-state index in [1.165, 1.54) is 4.90 Å². The van der Waals surface area contributed by atoms with Gasteiger partial charge in [-0.15, -0.1) is 0 Å². The molecule has 25 heavy (non-hydrogen) atoms. The van der Waals surface area contributed by atoms with Crippen LogP contribution in [-0.2, 0) is 14.4 Å². The molecule has 0 radical (unpaired) electrons. The van der Waals surface area contributed by atoms with Gasteiger partial charge in [0.05, 0.1) is 6.04 Å². The Bertz CT molecular complexity index is 518. The Labute approximate surface area is 149 Å². The van der Waals surface area contributed by atoms with Crippen molar-refractivity contribution in [3.8, 4) is 0 Å². The number of unbranched alkanes of at least 4 members (excludes halogenated alkanes) is 1. The van der Waals surface area contributed by atoms with Crippen LogP contribution in [0.5, 0.6) is 0 Å². The van der Waals surface area contributed by atoms with Gasteiger partial charge in [0.1, 0.15) is 11.7 Å². The summed E-state index contributed by atoms with van der Waals surface area (Å²) < 4.78 is 0. The summed E-state index contributed by atoms with van der Waals surface area (Å²) in [7, 11) is 0. The summed E-state index contributed by atoms with van der Waals surface area (Å²) in [5.74, 6) is -1.04. The van der Waals surface area contributed by atoms with Crippen molar-refractivity contribution in [1.29, 1.82) is 0 Å². The number of primary amides is 1. The highest BCUT2D eigenvalue weighted by Gasteiger charge is 2.36. The van der Waals surface area contributed by atoms with Crippen LogP contribution in [0.2, 0.25) is 0 Å². The van der Waals surface area contributed by atoms with E-state index in [2.05, 4.69) is 5.32 Å². The first-order valence-electron chi connectivity index (χ1n) is 8.84. The van der Waals surface area contributed by atoms with Crippen LogP contribution in [0.4, 0.5) is 0 Å². The van der Waals surface area contributed by atoms with Gasteiger partial charge < -0.3 is 27.4 Å². The Morgan fingerprint density at radius 2 is 2.00 bits per heavy atom. The Hall–Kier alpha value is -1.93. The maximum absolute atomic E-state index is 12.5. The minimum absolute atomic E-state index is 0.0456. The number of nitrogens with one attached hydrogen (secondary N) is 1. The monoisotopic (exact) mass is 353 g/mol. The van der Waals surface area contributed by atoms with Crippen molar-refractivity contribution in [1.82, 2.24) is 10.2 Å². The van der Waals surface area contributed by atoms with Gasteiger partial charge in [0.15, 0.2) is 0 Å². The molecule has 0 aliphatic carbocycles. The normalized spacial score (nSPS) is 19.2. The second-order valence-corrected chi connectivity index (χ2v) is 6.83. The van der Waals surface area contributed by atoms with Gasteiger partial charge in [-0.2, -0.15) is 0 Å². The fourth-order valence-electron chi connectivity index (χ4n) is 2.92. The van der Waals surface area contributed by atoms with Crippen LogP contribution in [-0.4, -0.2) is 47.8 Å². The van der Waals surface area contributed by atoms with Crippen molar-refractivity contribution >= 4 is 17.7 Å². The van der Waals surface area contributed by atoms with E-state index in [4.69, 9.17) is 17.2 Å². The molecule has 3 amide bonds. The lowest BCUT2D eigenvalue weighted by atomic mass is 10.0. The molecule has 7 N–H and O–H groups in total. The zero-order chi connectivity index (χ0) is 19.0. The zero-order valence-electron chi connectivity index (χ0n) is 15.2. The molecule has 8 heteroatoms. The lowest BCUT2D eigenvalue weighted by molar-refractivity contribution is -0.139. The Morgan fingerprint density at radius 1 is 1.32 bits per heavy atom. The van der Waals surface area contributed by atoms with Crippen LogP contribution in [0, 0.1) is 5.92 Å². The molecule has 1 saturated heterocycles. The van der Waals surface area contributed by atoms with E-state index in [0.29, 0.717) is 44.7 Å². The number of rotatable bonds is 9. The number of hydrogen-bond acceptors (Lipinski definition) is 5. The number of hydrogen-bond donors (Lipinski definition) is 4. The number of nitrogens with zero attached hydrogens (tertiary/aromatic N) is 1. The molecule has 1 rings (SSSR count). The summed E-state index contributed by atoms with van der Waals surface area (Å²) in [6.07, 6.45) is 4.63. The van der Waals surface area contributed by atoms with Crippen LogP contribution in [0.3, 0.4) is 0 Å². The van der Waals surface area contributed by atoms with Crippen LogP contribution in [0.15, 0.2) is 11.8 Å². The number of allylic oxidation sites excluding steroid dienone is 1. The fourth-order valence-corrected chi connectivity index (χ4v) is 2.92. The fraction of sp³-hybridized carbons (Fsp3) is 0.706. The third kappa shape index (κ3) is 6.47. The van der Waals surface area contributed by atoms with E-state index in [-0.39, 0.29) is 11.6 Å². The Morgan fingerprint density at radius 3 is 2.56 bits per heavy atom. The smallest absolute Gasteiger partial charge is 0.264 e. The zero-order valence-corrected chi connectivity index (χ0v) is 15.2. The molecule has 0 aromatic carbocycles. The average molecular weight is 353 g/mol. The van der Waals surface area contributed by atoms with E-state index >= 15 is 0 Å². The molecule has 0 aromatic rings. The summed E-state index contributed by atoms with van der Waals surface area (Å²) in [5, 5.41) is 2.55. The van der Waals surface area contributed by atoms with Crippen molar-refractivity contribution in [2.75, 3.05) is 13.1 Å². The molecule has 2 atom stereocenters. The molecule has 1 aliphatic rings. The molecule has 1 aliphatic heterocycles. The van der Waals surface area contributed by atoms with Crippen LogP contribution < -0.4 is 22.5 Å². The van der Waals surface area contributed by atoms with E-state index in [9.17, 15) is 14.4 Å². The molecule has 0 aromatic heterocycles. The van der Waals surface area contributed by atoms with Gasteiger partial charge in [-0.05, 0) is 44.6 Å². The minimum Gasteiger partial charge on any atom is -0.364 e. The molecular formula is C17H31N5O3. The summed E-state index contributed by atoms with van der Waals surface area (Å²) >= 11 is 0. The SMILES string of the molecule is CC(C)C[C@H](N)C(=O)N1CCC[C@H]1C(=O)N/C(=C/CCCN)C(N)=O. The minimum atomic E-state index is -0.710. The standard InChI is InChI=1S/C17H31N5O3/c1-11(2)10-12(19)17(25)22-9-5-7-14(22)16(24)21-13(15(20)23)6-3-4-8-18/h6,11-12,14H,3-5,7-10,18-19H2,1-2H3,(H2,20,23)(H,21,24)/b13-6+/t12-,14-/m0/s1. The molecule has 8 nitrogen and oxygen atoms in total. The highest BCUT2D eigenvalue weighted by Crippen LogP contribution is 2.20. The van der Waals surface area contributed by atoms with Crippen LogP contribution in [0.1, 0.15) is 46.0 Å². The molecule has 1 fully saturated rings. The van der Waals surface area contributed by atoms with Crippen molar-refractivity contribution in [3.63, 3.8) is 0 Å². The summed E-state index contributed by atoms with van der Waals surface area (Å²) in [6, 6.07) is -1.24. The van der Waals surface area contributed by atoms with E-state index in [1.54, 1.807) is 6.08 Å². The predicted molar refractivity (Wildman–Crippen MR) is 95.9 cm³/mol. The van der Waals surface area contributed by atoms with Gasteiger partial charge in [-0.25, -0.2) is 0 Å². The molecule has 0 unspecified atom stereocenters. The molecule has 0 saturated carbocycles. The van der Waals surface area contributed by atoms with Gasteiger partial charge in [0.25, 0.3) is 5.91 Å². The molecule has 0 spiro atoms. The summed E-state index contributed by atoms with van der Waals surface area (Å²) in [6.45, 7) is 4.96. The van der Waals surface area contributed by atoms with Crippen molar-refractivity contribution in [3.05, 3.63) is 11.8 Å². The third-order valence-corrected chi connectivity index (χ3v) is 4.16. The maximum Gasteiger partial charge on any atom is 0.264 e. The van der Waals surface area contributed by atoms with Crippen LogP contribution in [0.25, 0.3) is 0 Å². The predicted octanol–water partition coefficient (Wildman–Crippen LogP) is -0.425. The number of likely N-dealkylation sites (tertiary alicyclic amines) is 1. The third-order valence-electron chi connectivity index (χ3n) is 4.16. The van der Waals surface area contributed by atoms with Crippen LogP contribution >= 0.6 is 0 Å². The van der Waals surface area contributed by atoms with E-state index < -0.39 is 23.9 Å². The summed E-state index contributed by atoms with van der Waals surface area (Å²) in [5.41, 5.74) is 16.7. The lowest BCUT2D eigenvalue weighted by Crippen LogP contribution is -2.51. The quantitative estimate of drug-likeness (QED) is 0.328. The first-order valence-corrected chi connectivity index (χ1v) is 8.84. The summed E-state index contributed by atoms with van der Waals surface area (Å²) in [4.78, 5) is 38.1. The molecular weight excluding hydrogens is 322 g/mol. The number of carbonyl (C=O) groups is 3. The number of amides is 3. The van der Waals surface area contributed by atoms with E-state index in [1.807, 2.05) is 13.8 Å². The topological polar surface area (TPSA) is 145 Å². The Balaban J connectivity index is 2.76. The van der Waals surface area contributed by atoms with Gasteiger partial charge in [-0.3, -0.25) is 14.4 Å². The van der Waals surface area contributed by atoms with Gasteiger partial charge in [0, 0.05) is 6.54 Å². The van der Waals surface area contributed by atoms with Crippen molar-refractivity contribution < 1.29 is 14.4 Å².